The van der Waals surface area contributed by atoms with Crippen LogP contribution < -0.4 is 0 Å². The van der Waals surface area contributed by atoms with Gasteiger partial charge >= 0.3 is 0 Å². The van der Waals surface area contributed by atoms with E-state index in [4.69, 9.17) is 0 Å². The largest absolute Gasteiger partial charge is 0.291 e. The molecule has 3 aromatic heterocycles. The second-order valence-electron chi connectivity index (χ2n) is 13.1. The number of benzene rings is 5. The van der Waals surface area contributed by atoms with Crippen LogP contribution in [-0.4, -0.2) is 4.57 Å². The monoisotopic (exact) mass is 663 g/mol. The summed E-state index contributed by atoms with van der Waals surface area (Å²) in [6.07, 6.45) is 13.6. The average Bonchev–Trinajstić information content (AvgIpc) is 3.82. The molecule has 234 valence electrons. The first-order valence-electron chi connectivity index (χ1n) is 17.2. The quantitative estimate of drug-likeness (QED) is 0.173. The van der Waals surface area contributed by atoms with Crippen molar-refractivity contribution >= 4 is 70.4 Å². The zero-order valence-electron chi connectivity index (χ0n) is 27.0. The van der Waals surface area contributed by atoms with E-state index < -0.39 is 0 Å². The number of aromatic nitrogens is 1. The van der Waals surface area contributed by atoms with Crippen LogP contribution in [0.1, 0.15) is 40.8 Å². The molecule has 1 nitrogen and oxygen atoms in total. The van der Waals surface area contributed by atoms with Gasteiger partial charge in [0.25, 0.3) is 0 Å². The van der Waals surface area contributed by atoms with Crippen molar-refractivity contribution in [3.63, 3.8) is 0 Å². The second kappa shape index (κ2) is 11.7. The Bertz CT molecular complexity index is 2640. The first kappa shape index (κ1) is 28.8. The van der Waals surface area contributed by atoms with Gasteiger partial charge < -0.3 is 0 Å². The standard InChI is InChI=1S/C46H33NS2/c1-4-13-30(14-5-1)33-19-12-20-36(27-33)37-21-10-11-22-40(37)47-45-43(38-28-34(23-25-41(38)48-45)31-15-6-2-7-16-31)44-39-29-35(32-17-8-3-9-18-32)24-26-42(39)49-46(44)47/h1-8,10-17,19-22,24,26-29H,9,18,23,25H2. The van der Waals surface area contributed by atoms with Gasteiger partial charge in [-0.05, 0) is 101 Å². The first-order chi connectivity index (χ1) is 24.3. The number of hydrogen-bond acceptors (Lipinski definition) is 2. The SMILES string of the molecule is C1=CCCC(c2ccc3sc4c(c3c2)c2c3c(sc2n4-c2ccccc2-c2cccc(-c4ccccc4)c2)CCC(c2ccccc2)=C3)=C1. The molecule has 0 spiro atoms. The lowest BCUT2D eigenvalue weighted by molar-refractivity contribution is 1.03. The van der Waals surface area contributed by atoms with Crippen LogP contribution in [0.15, 0.2) is 146 Å². The van der Waals surface area contributed by atoms with E-state index in [-0.39, 0.29) is 0 Å². The van der Waals surface area contributed by atoms with Gasteiger partial charge in [-0.15, -0.1) is 22.7 Å². The number of nitrogens with zero attached hydrogens (tertiary/aromatic N) is 1. The normalized spacial score (nSPS) is 14.4. The highest BCUT2D eigenvalue weighted by Crippen LogP contribution is 2.51. The van der Waals surface area contributed by atoms with Gasteiger partial charge in [0.15, 0.2) is 0 Å². The summed E-state index contributed by atoms with van der Waals surface area (Å²) in [4.78, 5) is 4.19. The molecule has 0 unspecified atom stereocenters. The summed E-state index contributed by atoms with van der Waals surface area (Å²) in [6, 6.07) is 46.9. The molecule has 0 amide bonds. The molecular weight excluding hydrogens is 631 g/mol. The van der Waals surface area contributed by atoms with Crippen LogP contribution in [0.2, 0.25) is 0 Å². The summed E-state index contributed by atoms with van der Waals surface area (Å²) in [7, 11) is 0. The third-order valence-corrected chi connectivity index (χ3v) is 12.6. The van der Waals surface area contributed by atoms with Crippen molar-refractivity contribution in [2.24, 2.45) is 0 Å². The summed E-state index contributed by atoms with van der Waals surface area (Å²) in [5, 5.41) is 4.19. The zero-order valence-corrected chi connectivity index (χ0v) is 28.7. The van der Waals surface area contributed by atoms with E-state index in [0.717, 1.165) is 25.7 Å². The van der Waals surface area contributed by atoms with E-state index in [1.165, 1.54) is 91.2 Å². The van der Waals surface area contributed by atoms with Crippen molar-refractivity contribution < 1.29 is 0 Å². The molecule has 0 saturated heterocycles. The number of allylic oxidation sites excluding steroid dienone is 5. The first-order valence-corrected chi connectivity index (χ1v) is 18.8. The molecule has 0 N–H and O–H groups in total. The molecule has 0 radical (unpaired) electrons. The van der Waals surface area contributed by atoms with Crippen LogP contribution in [0, 0.1) is 0 Å². The molecule has 3 heterocycles. The number of fused-ring (bicyclic) bond motifs is 7. The van der Waals surface area contributed by atoms with Crippen molar-refractivity contribution in [3.05, 3.63) is 167 Å². The van der Waals surface area contributed by atoms with E-state index in [1.54, 1.807) is 0 Å². The van der Waals surface area contributed by atoms with Crippen LogP contribution in [0.4, 0.5) is 0 Å². The van der Waals surface area contributed by atoms with Gasteiger partial charge in [-0.1, -0.05) is 121 Å². The molecule has 2 aliphatic carbocycles. The van der Waals surface area contributed by atoms with Crippen molar-refractivity contribution in [2.45, 2.75) is 25.7 Å². The van der Waals surface area contributed by atoms with Gasteiger partial charge in [0.1, 0.15) is 9.66 Å². The number of aryl methyl sites for hydroxylation is 1. The summed E-state index contributed by atoms with van der Waals surface area (Å²) in [6.45, 7) is 0. The highest BCUT2D eigenvalue weighted by Gasteiger charge is 2.27. The Morgan fingerprint density at radius 1 is 0.531 bits per heavy atom. The maximum atomic E-state index is 2.60. The molecular formula is C46H33NS2. The predicted molar refractivity (Wildman–Crippen MR) is 214 cm³/mol. The Balaban J connectivity index is 1.25. The Labute approximate surface area is 294 Å². The fraction of sp³-hybridized carbons (Fsp3) is 0.0870. The molecule has 0 aliphatic heterocycles. The molecule has 5 aromatic carbocycles. The highest BCUT2D eigenvalue weighted by molar-refractivity contribution is 7.26. The summed E-state index contributed by atoms with van der Waals surface area (Å²) in [5.41, 5.74) is 13.2. The van der Waals surface area contributed by atoms with Gasteiger partial charge in [-0.25, -0.2) is 0 Å². The van der Waals surface area contributed by atoms with E-state index >= 15 is 0 Å². The topological polar surface area (TPSA) is 4.93 Å². The predicted octanol–water partition coefficient (Wildman–Crippen LogP) is 13.6. The lowest BCUT2D eigenvalue weighted by atomic mass is 9.91. The van der Waals surface area contributed by atoms with Crippen LogP contribution in [-0.2, 0) is 6.42 Å². The Morgan fingerprint density at radius 2 is 1.29 bits per heavy atom. The van der Waals surface area contributed by atoms with E-state index in [2.05, 4.69) is 156 Å². The van der Waals surface area contributed by atoms with Gasteiger partial charge in [-0.2, -0.15) is 0 Å². The lowest BCUT2D eigenvalue weighted by Crippen LogP contribution is -1.96. The van der Waals surface area contributed by atoms with E-state index in [9.17, 15) is 0 Å². The Kier molecular flexibility index (Phi) is 6.89. The van der Waals surface area contributed by atoms with Gasteiger partial charge in [0.2, 0.25) is 0 Å². The molecule has 8 aromatic rings. The molecule has 0 fully saturated rings. The van der Waals surface area contributed by atoms with Crippen LogP contribution in [0.3, 0.4) is 0 Å². The molecule has 0 saturated carbocycles. The van der Waals surface area contributed by atoms with E-state index in [0.29, 0.717) is 0 Å². The minimum Gasteiger partial charge on any atom is -0.291 e. The van der Waals surface area contributed by atoms with Gasteiger partial charge in [0, 0.05) is 31.3 Å². The molecule has 10 rings (SSSR count). The van der Waals surface area contributed by atoms with E-state index in [1.807, 2.05) is 22.7 Å². The van der Waals surface area contributed by atoms with Crippen molar-refractivity contribution in [2.75, 3.05) is 0 Å². The molecule has 0 bridgehead atoms. The molecule has 49 heavy (non-hydrogen) atoms. The highest BCUT2D eigenvalue weighted by atomic mass is 32.1. The number of para-hydroxylation sites is 1. The maximum absolute atomic E-state index is 2.60. The summed E-state index contributed by atoms with van der Waals surface area (Å²) in [5.74, 6) is 0. The lowest BCUT2D eigenvalue weighted by Gasteiger charge is -2.14. The van der Waals surface area contributed by atoms with Crippen molar-refractivity contribution in [1.82, 2.24) is 4.57 Å². The summed E-state index contributed by atoms with van der Waals surface area (Å²) >= 11 is 3.93. The third-order valence-electron chi connectivity index (χ3n) is 10.2. The van der Waals surface area contributed by atoms with Crippen LogP contribution in [0.5, 0.6) is 0 Å². The molecule has 0 atom stereocenters. The maximum Gasteiger partial charge on any atom is 0.110 e. The zero-order chi connectivity index (χ0) is 32.3. The van der Waals surface area contributed by atoms with Gasteiger partial charge in [-0.3, -0.25) is 4.57 Å². The number of rotatable bonds is 5. The Morgan fingerprint density at radius 3 is 2.12 bits per heavy atom. The summed E-state index contributed by atoms with van der Waals surface area (Å²) < 4.78 is 3.95. The molecule has 2 aliphatic rings. The fourth-order valence-electron chi connectivity index (χ4n) is 7.84. The van der Waals surface area contributed by atoms with Crippen LogP contribution >= 0.6 is 22.7 Å². The molecule has 3 heteroatoms. The average molecular weight is 664 g/mol. The number of hydrogen-bond donors (Lipinski definition) is 0. The smallest absolute Gasteiger partial charge is 0.110 e. The minimum atomic E-state index is 1.07. The fourth-order valence-corrected chi connectivity index (χ4v) is 10.4. The number of thiophene rings is 2. The third kappa shape index (κ3) is 4.80. The van der Waals surface area contributed by atoms with Gasteiger partial charge in [0.05, 0.1) is 5.69 Å². The Hall–Kier alpha value is -5.22. The van der Waals surface area contributed by atoms with Crippen LogP contribution in [0.25, 0.3) is 75.7 Å². The second-order valence-corrected chi connectivity index (χ2v) is 15.2. The minimum absolute atomic E-state index is 1.07. The van der Waals surface area contributed by atoms with Crippen molar-refractivity contribution in [1.29, 1.82) is 0 Å². The van der Waals surface area contributed by atoms with Crippen molar-refractivity contribution in [3.8, 4) is 27.9 Å².